The molecule has 0 saturated heterocycles. The molecule has 1 heterocycles. The quantitative estimate of drug-likeness (QED) is 0.881. The number of halogens is 1. The van der Waals surface area contributed by atoms with Gasteiger partial charge >= 0.3 is 0 Å². The fourth-order valence-electron chi connectivity index (χ4n) is 1.28. The van der Waals surface area contributed by atoms with Gasteiger partial charge in [-0.25, -0.2) is 0 Å². The first-order chi connectivity index (χ1) is 6.83. The molecule has 1 aromatic carbocycles. The molecule has 1 aromatic rings. The van der Waals surface area contributed by atoms with Crippen molar-refractivity contribution in [2.45, 2.75) is 0 Å². The molecule has 0 fully saturated rings. The fourth-order valence-corrected chi connectivity index (χ4v) is 1.85. The van der Waals surface area contributed by atoms with Crippen LogP contribution in [-0.4, -0.2) is 13.3 Å². The molecule has 14 heavy (non-hydrogen) atoms. The second-order valence-electron chi connectivity index (χ2n) is 2.84. The predicted octanol–water partition coefficient (Wildman–Crippen LogP) is 2.15. The summed E-state index contributed by atoms with van der Waals surface area (Å²) in [6.45, 7) is 0.818. The van der Waals surface area contributed by atoms with Gasteiger partial charge in [-0.05, 0) is 33.6 Å². The summed E-state index contributed by atoms with van der Waals surface area (Å²) < 4.78 is 11.5. The Hall–Kier alpha value is -1.00. The van der Waals surface area contributed by atoms with Crippen molar-refractivity contribution in [3.8, 4) is 11.5 Å². The summed E-state index contributed by atoms with van der Waals surface area (Å²) in [5.41, 5.74) is 6.42. The molecule has 0 saturated carbocycles. The average molecular weight is 256 g/mol. The summed E-state index contributed by atoms with van der Waals surface area (Å²) in [6.07, 6.45) is 3.84. The second-order valence-corrected chi connectivity index (χ2v) is 3.63. The first-order valence-electron chi connectivity index (χ1n) is 4.27. The van der Waals surface area contributed by atoms with Crippen LogP contribution in [0.5, 0.6) is 11.5 Å². The molecular weight excluding hydrogens is 246 g/mol. The number of nitrogens with two attached hydrogens (primary N) is 1. The van der Waals surface area contributed by atoms with Crippen LogP contribution in [0, 0.1) is 0 Å². The lowest BCUT2D eigenvalue weighted by molar-refractivity contribution is 0.173. The van der Waals surface area contributed by atoms with Gasteiger partial charge in [0, 0.05) is 6.54 Å². The highest BCUT2D eigenvalue weighted by Crippen LogP contribution is 2.41. The second kappa shape index (κ2) is 4.02. The van der Waals surface area contributed by atoms with E-state index in [4.69, 9.17) is 15.2 Å². The number of hydrogen-bond donors (Lipinski definition) is 1. The lowest BCUT2D eigenvalue weighted by atomic mass is 10.2. The molecule has 0 bridgehead atoms. The summed E-state index contributed by atoms with van der Waals surface area (Å²) in [6, 6.07) is 3.85. The zero-order valence-electron chi connectivity index (χ0n) is 7.50. The molecule has 74 valence electrons. The largest absolute Gasteiger partial charge is 0.454 e. The first kappa shape index (κ1) is 9.55. The Kier molecular flexibility index (Phi) is 2.74. The van der Waals surface area contributed by atoms with E-state index in [1.165, 1.54) is 0 Å². The molecule has 0 aliphatic carbocycles. The molecule has 0 unspecified atom stereocenters. The van der Waals surface area contributed by atoms with Crippen LogP contribution in [0.1, 0.15) is 5.56 Å². The summed E-state index contributed by atoms with van der Waals surface area (Å²) in [5.74, 6) is 1.55. The van der Waals surface area contributed by atoms with E-state index in [1.54, 1.807) is 0 Å². The van der Waals surface area contributed by atoms with E-state index in [1.807, 2.05) is 24.3 Å². The standard InChI is InChI=1S/C10H10BrNO2/c11-9-7(2-1-5-12)3-4-8-10(9)14-6-13-8/h1-4H,5-6,12H2/b2-1+. The Bertz CT molecular complexity index is 377. The van der Waals surface area contributed by atoms with Crippen molar-refractivity contribution in [3.05, 3.63) is 28.2 Å². The van der Waals surface area contributed by atoms with Gasteiger partial charge in [0.15, 0.2) is 11.5 Å². The zero-order chi connectivity index (χ0) is 9.97. The van der Waals surface area contributed by atoms with Gasteiger partial charge in [-0.3, -0.25) is 0 Å². The van der Waals surface area contributed by atoms with E-state index in [0.717, 1.165) is 21.5 Å². The van der Waals surface area contributed by atoms with Gasteiger partial charge < -0.3 is 15.2 Å². The zero-order valence-corrected chi connectivity index (χ0v) is 9.08. The van der Waals surface area contributed by atoms with E-state index >= 15 is 0 Å². The van der Waals surface area contributed by atoms with E-state index in [2.05, 4.69) is 15.9 Å². The Morgan fingerprint density at radius 3 is 3.07 bits per heavy atom. The molecular formula is C10H10BrNO2. The minimum Gasteiger partial charge on any atom is -0.454 e. The van der Waals surface area contributed by atoms with E-state index in [0.29, 0.717) is 6.54 Å². The maximum atomic E-state index is 5.38. The Labute approximate surface area is 90.6 Å². The minimum atomic E-state index is 0.290. The van der Waals surface area contributed by atoms with Crippen LogP contribution in [0.2, 0.25) is 0 Å². The highest BCUT2D eigenvalue weighted by Gasteiger charge is 2.17. The molecule has 0 aromatic heterocycles. The van der Waals surface area contributed by atoms with Crippen LogP contribution in [0.15, 0.2) is 22.7 Å². The van der Waals surface area contributed by atoms with Gasteiger partial charge in [0.05, 0.1) is 4.47 Å². The molecule has 0 amide bonds. The Morgan fingerprint density at radius 1 is 1.43 bits per heavy atom. The van der Waals surface area contributed by atoms with Crippen LogP contribution < -0.4 is 15.2 Å². The van der Waals surface area contributed by atoms with Gasteiger partial charge in [0.2, 0.25) is 6.79 Å². The van der Waals surface area contributed by atoms with Crippen LogP contribution in [0.25, 0.3) is 6.08 Å². The first-order valence-corrected chi connectivity index (χ1v) is 5.07. The van der Waals surface area contributed by atoms with Gasteiger partial charge in [0.25, 0.3) is 0 Å². The molecule has 0 radical (unpaired) electrons. The molecule has 2 N–H and O–H groups in total. The van der Waals surface area contributed by atoms with Crippen molar-refractivity contribution in [2.24, 2.45) is 5.73 Å². The fraction of sp³-hybridized carbons (Fsp3) is 0.200. The topological polar surface area (TPSA) is 44.5 Å². The lowest BCUT2D eigenvalue weighted by Gasteiger charge is -2.02. The van der Waals surface area contributed by atoms with Crippen LogP contribution >= 0.6 is 15.9 Å². The van der Waals surface area contributed by atoms with Crippen molar-refractivity contribution < 1.29 is 9.47 Å². The highest BCUT2D eigenvalue weighted by atomic mass is 79.9. The highest BCUT2D eigenvalue weighted by molar-refractivity contribution is 9.10. The third kappa shape index (κ3) is 1.63. The van der Waals surface area contributed by atoms with Gasteiger partial charge in [-0.2, -0.15) is 0 Å². The van der Waals surface area contributed by atoms with E-state index in [9.17, 15) is 0 Å². The summed E-state index contributed by atoms with van der Waals surface area (Å²) in [7, 11) is 0. The number of rotatable bonds is 2. The Balaban J connectivity index is 2.39. The molecule has 0 spiro atoms. The molecule has 4 heteroatoms. The van der Waals surface area contributed by atoms with E-state index in [-0.39, 0.29) is 6.79 Å². The lowest BCUT2D eigenvalue weighted by Crippen LogP contribution is -1.93. The molecule has 1 aliphatic rings. The summed E-state index contributed by atoms with van der Waals surface area (Å²) in [4.78, 5) is 0. The van der Waals surface area contributed by atoms with Gasteiger partial charge in [0.1, 0.15) is 0 Å². The minimum absolute atomic E-state index is 0.290. The smallest absolute Gasteiger partial charge is 0.231 e. The van der Waals surface area contributed by atoms with Gasteiger partial charge in [-0.1, -0.05) is 12.2 Å². The van der Waals surface area contributed by atoms with E-state index < -0.39 is 0 Å². The normalized spacial score (nSPS) is 13.9. The van der Waals surface area contributed by atoms with Crippen LogP contribution in [0.3, 0.4) is 0 Å². The molecule has 1 aliphatic heterocycles. The van der Waals surface area contributed by atoms with Crippen molar-refractivity contribution in [1.29, 1.82) is 0 Å². The number of ether oxygens (including phenoxy) is 2. The summed E-state index contributed by atoms with van der Waals surface area (Å²) in [5, 5.41) is 0. The molecule has 2 rings (SSSR count). The number of fused-ring (bicyclic) bond motifs is 1. The van der Waals surface area contributed by atoms with Crippen molar-refractivity contribution in [3.63, 3.8) is 0 Å². The molecule has 3 nitrogen and oxygen atoms in total. The summed E-state index contributed by atoms with van der Waals surface area (Å²) >= 11 is 3.47. The van der Waals surface area contributed by atoms with Gasteiger partial charge in [-0.15, -0.1) is 0 Å². The van der Waals surface area contributed by atoms with Crippen LogP contribution in [0.4, 0.5) is 0 Å². The Morgan fingerprint density at radius 2 is 2.29 bits per heavy atom. The average Bonchev–Trinajstić information content (AvgIpc) is 2.66. The van der Waals surface area contributed by atoms with Crippen molar-refractivity contribution in [2.75, 3.05) is 13.3 Å². The third-order valence-electron chi connectivity index (χ3n) is 1.94. The number of benzene rings is 1. The third-order valence-corrected chi connectivity index (χ3v) is 2.76. The molecule has 0 atom stereocenters. The monoisotopic (exact) mass is 255 g/mol. The van der Waals surface area contributed by atoms with Crippen molar-refractivity contribution >= 4 is 22.0 Å². The van der Waals surface area contributed by atoms with Crippen molar-refractivity contribution in [1.82, 2.24) is 0 Å². The predicted molar refractivity (Wildman–Crippen MR) is 58.4 cm³/mol. The SMILES string of the molecule is NC/C=C/c1ccc2c(c1Br)OCO2. The maximum absolute atomic E-state index is 5.38. The number of hydrogen-bond acceptors (Lipinski definition) is 3. The van der Waals surface area contributed by atoms with Crippen LogP contribution in [-0.2, 0) is 0 Å². The maximum Gasteiger partial charge on any atom is 0.231 e.